The van der Waals surface area contributed by atoms with Crippen LogP contribution in [0.4, 0.5) is 0 Å². The molecule has 147 valence electrons. The second-order valence-corrected chi connectivity index (χ2v) is 8.50. The lowest BCUT2D eigenvalue weighted by Crippen LogP contribution is -1.94. The van der Waals surface area contributed by atoms with Gasteiger partial charge in [0.1, 0.15) is 0 Å². The molecule has 1 aliphatic carbocycles. The molecule has 1 fully saturated rings. The summed E-state index contributed by atoms with van der Waals surface area (Å²) >= 11 is 0. The van der Waals surface area contributed by atoms with Crippen LogP contribution in [0, 0.1) is 12.8 Å². The Morgan fingerprint density at radius 3 is 1.52 bits per heavy atom. The van der Waals surface area contributed by atoms with Crippen molar-refractivity contribution in [3.05, 3.63) is 18.6 Å². The molecule has 1 saturated carbocycles. The average Bonchev–Trinajstić information content (AvgIpc) is 3.16. The molecule has 0 heterocycles. The molecule has 0 aromatic heterocycles. The van der Waals surface area contributed by atoms with Crippen LogP contribution in [0.25, 0.3) is 0 Å². The maximum absolute atomic E-state index is 4.29. The molecule has 0 saturated heterocycles. The van der Waals surface area contributed by atoms with E-state index in [-0.39, 0.29) is 0 Å². The summed E-state index contributed by atoms with van der Waals surface area (Å²) in [4.78, 5) is 0. The topological polar surface area (TPSA) is 0 Å². The van der Waals surface area contributed by atoms with E-state index in [4.69, 9.17) is 0 Å². The summed E-state index contributed by atoms with van der Waals surface area (Å²) in [6, 6.07) is 0. The van der Waals surface area contributed by atoms with Crippen LogP contribution >= 0.6 is 0 Å². The maximum atomic E-state index is 4.29. The van der Waals surface area contributed by atoms with Gasteiger partial charge in [-0.2, -0.15) is 0 Å². The number of unbranched alkanes of at least 4 members (excludes halogenated alkanes) is 15. The predicted molar refractivity (Wildman–Crippen MR) is 115 cm³/mol. The molecule has 0 amide bonds. The molecule has 0 aliphatic heterocycles. The van der Waals surface area contributed by atoms with Crippen LogP contribution in [0.3, 0.4) is 0 Å². The fourth-order valence-electron chi connectivity index (χ4n) is 4.27. The van der Waals surface area contributed by atoms with Crippen LogP contribution in [0.2, 0.25) is 0 Å². The van der Waals surface area contributed by atoms with E-state index in [0.29, 0.717) is 0 Å². The molecule has 0 atom stereocenters. The summed E-state index contributed by atoms with van der Waals surface area (Å²) in [6.45, 7) is 6.59. The van der Waals surface area contributed by atoms with Gasteiger partial charge in [0.05, 0.1) is 0 Å². The van der Waals surface area contributed by atoms with Crippen molar-refractivity contribution in [1.29, 1.82) is 0 Å². The molecule has 1 aliphatic rings. The summed E-state index contributed by atoms with van der Waals surface area (Å²) in [7, 11) is 0. The highest BCUT2D eigenvalue weighted by atomic mass is 14.2. The molecule has 0 aromatic carbocycles. The van der Waals surface area contributed by atoms with Crippen LogP contribution in [0.15, 0.2) is 11.6 Å². The number of allylic oxidation sites excluding steroid dienone is 2. The molecule has 0 heteroatoms. The summed E-state index contributed by atoms with van der Waals surface area (Å²) in [5.41, 5.74) is 1.45. The van der Waals surface area contributed by atoms with Gasteiger partial charge in [-0.25, -0.2) is 0 Å². The third-order valence-corrected chi connectivity index (χ3v) is 6.09. The maximum Gasteiger partial charge on any atom is -0.0203 e. The molecule has 0 N–H and O–H groups in total. The number of rotatable bonds is 17. The summed E-state index contributed by atoms with van der Waals surface area (Å²) in [5.74, 6) is 0.830. The van der Waals surface area contributed by atoms with Gasteiger partial charge in [-0.1, -0.05) is 121 Å². The van der Waals surface area contributed by atoms with Crippen molar-refractivity contribution in [2.45, 2.75) is 135 Å². The van der Waals surface area contributed by atoms with E-state index in [9.17, 15) is 0 Å². The van der Waals surface area contributed by atoms with Gasteiger partial charge in [0, 0.05) is 0 Å². The highest BCUT2D eigenvalue weighted by Gasteiger charge is 2.15. The normalized spacial score (nSPS) is 16.0. The van der Waals surface area contributed by atoms with Crippen LogP contribution < -0.4 is 0 Å². The van der Waals surface area contributed by atoms with Gasteiger partial charge in [0.2, 0.25) is 0 Å². The molecule has 0 unspecified atom stereocenters. The molecule has 0 nitrogen and oxygen atoms in total. The Labute approximate surface area is 160 Å². The number of hydrogen-bond donors (Lipinski definition) is 0. The molecule has 0 spiro atoms. The zero-order valence-electron chi connectivity index (χ0n) is 17.5. The van der Waals surface area contributed by atoms with E-state index < -0.39 is 0 Å². The van der Waals surface area contributed by atoms with Gasteiger partial charge in [0.25, 0.3) is 0 Å². The molecule has 1 radical (unpaired) electrons. The monoisotopic (exact) mass is 347 g/mol. The molecule has 25 heavy (non-hydrogen) atoms. The Bertz CT molecular complexity index is 295. The molecule has 0 bridgehead atoms. The summed E-state index contributed by atoms with van der Waals surface area (Å²) in [5, 5.41) is 0. The molecule has 0 aromatic rings. The van der Waals surface area contributed by atoms with Gasteiger partial charge in [-0.15, -0.1) is 0 Å². The molecular formula is C25H47. The Morgan fingerprint density at radius 2 is 1.08 bits per heavy atom. The van der Waals surface area contributed by atoms with Crippen LogP contribution in [0.1, 0.15) is 135 Å². The lowest BCUT2D eigenvalue weighted by molar-refractivity contribution is 0.532. The fraction of sp³-hybridized carbons (Fsp3) is 0.880. The van der Waals surface area contributed by atoms with E-state index >= 15 is 0 Å². The Kier molecular flexibility index (Phi) is 15.6. The molecule has 1 rings (SSSR count). The highest BCUT2D eigenvalue weighted by Crippen LogP contribution is 2.30. The van der Waals surface area contributed by atoms with Crippen LogP contribution in [0.5, 0.6) is 0 Å². The van der Waals surface area contributed by atoms with E-state index in [1.165, 1.54) is 134 Å². The largest absolute Gasteiger partial charge is 0.0850 e. The second-order valence-electron chi connectivity index (χ2n) is 8.50. The minimum absolute atomic E-state index is 0.830. The Morgan fingerprint density at radius 1 is 0.680 bits per heavy atom. The van der Waals surface area contributed by atoms with Crippen LogP contribution in [-0.4, -0.2) is 0 Å². The average molecular weight is 348 g/mol. The van der Waals surface area contributed by atoms with Crippen molar-refractivity contribution >= 4 is 0 Å². The van der Waals surface area contributed by atoms with Crippen molar-refractivity contribution in [3.8, 4) is 0 Å². The predicted octanol–water partition coefficient (Wildman–Crippen LogP) is 9.20. The van der Waals surface area contributed by atoms with Crippen molar-refractivity contribution in [3.63, 3.8) is 0 Å². The van der Waals surface area contributed by atoms with Crippen molar-refractivity contribution < 1.29 is 0 Å². The third-order valence-electron chi connectivity index (χ3n) is 6.09. The van der Waals surface area contributed by atoms with E-state index in [1.807, 2.05) is 0 Å². The number of hydrogen-bond acceptors (Lipinski definition) is 0. The second kappa shape index (κ2) is 17.2. The van der Waals surface area contributed by atoms with E-state index in [0.717, 1.165) is 5.92 Å². The fourth-order valence-corrected chi connectivity index (χ4v) is 4.27. The summed E-state index contributed by atoms with van der Waals surface area (Å²) in [6.07, 6.45) is 31.1. The van der Waals surface area contributed by atoms with Gasteiger partial charge in [0.15, 0.2) is 0 Å². The minimum atomic E-state index is 0.830. The van der Waals surface area contributed by atoms with E-state index in [1.54, 1.807) is 0 Å². The first-order valence-corrected chi connectivity index (χ1v) is 11.9. The minimum Gasteiger partial charge on any atom is -0.0850 e. The molecular weight excluding hydrogens is 300 g/mol. The zero-order chi connectivity index (χ0) is 18.0. The van der Waals surface area contributed by atoms with Crippen molar-refractivity contribution in [1.82, 2.24) is 0 Å². The van der Waals surface area contributed by atoms with Gasteiger partial charge < -0.3 is 0 Å². The van der Waals surface area contributed by atoms with Gasteiger partial charge >= 0.3 is 0 Å². The Balaban J connectivity index is 1.74. The Hall–Kier alpha value is -0.260. The standard InChI is InChI=1S/C25H47/c1-3-4-5-6-7-8-9-10-11-12-13-14-15-16-17-18-21-24(2)25-22-19-20-23-25/h21,25H,2-20,22-23H2,1H3. The van der Waals surface area contributed by atoms with E-state index in [2.05, 4.69) is 19.9 Å². The highest BCUT2D eigenvalue weighted by molar-refractivity contribution is 5.11. The first-order chi connectivity index (χ1) is 12.3. The third kappa shape index (κ3) is 13.6. The quantitative estimate of drug-likeness (QED) is 0.230. The van der Waals surface area contributed by atoms with Crippen molar-refractivity contribution in [2.75, 3.05) is 0 Å². The van der Waals surface area contributed by atoms with Crippen LogP contribution in [-0.2, 0) is 0 Å². The van der Waals surface area contributed by atoms with Gasteiger partial charge in [-0.3, -0.25) is 0 Å². The zero-order valence-corrected chi connectivity index (χ0v) is 17.5. The first kappa shape index (κ1) is 22.8. The van der Waals surface area contributed by atoms with Gasteiger partial charge in [-0.05, 0) is 38.5 Å². The smallest absolute Gasteiger partial charge is 0.0203 e. The lowest BCUT2D eigenvalue weighted by Gasteiger charge is -2.09. The first-order valence-electron chi connectivity index (χ1n) is 11.9. The summed E-state index contributed by atoms with van der Waals surface area (Å²) < 4.78 is 0. The van der Waals surface area contributed by atoms with Crippen molar-refractivity contribution in [2.24, 2.45) is 5.92 Å². The lowest BCUT2D eigenvalue weighted by atomic mass is 9.97. The SMILES string of the molecule is [CH2]C(=CCCCCCCCCCCCCCCCCC)C1CCCC1.